The van der Waals surface area contributed by atoms with Crippen molar-refractivity contribution in [2.75, 3.05) is 11.5 Å². The lowest BCUT2D eigenvalue weighted by Crippen LogP contribution is -2.29. The predicted octanol–water partition coefficient (Wildman–Crippen LogP) is 5.14. The number of nitrogens with zero attached hydrogens (tertiary/aromatic N) is 2. The molecule has 2 aromatic carbocycles. The molecule has 9 heteroatoms. The van der Waals surface area contributed by atoms with Crippen LogP contribution in [0.25, 0.3) is 5.76 Å². The van der Waals surface area contributed by atoms with Crippen LogP contribution in [0.2, 0.25) is 0 Å². The largest absolute Gasteiger partial charge is 0.507 e. The topological polar surface area (TPSA) is 106 Å². The Labute approximate surface area is 224 Å². The number of aromatic nitrogens is 1. The van der Waals surface area contributed by atoms with Gasteiger partial charge in [-0.25, -0.2) is 9.78 Å². The van der Waals surface area contributed by atoms with Crippen LogP contribution in [0.15, 0.2) is 48.0 Å². The molecule has 8 nitrogen and oxygen atoms in total. The number of carbonyl (C=O) groups excluding carboxylic acids is 3. The molecule has 38 heavy (non-hydrogen) atoms. The first-order valence-electron chi connectivity index (χ1n) is 12.6. The van der Waals surface area contributed by atoms with Crippen LogP contribution in [0.3, 0.4) is 0 Å². The second kappa shape index (κ2) is 10.1. The number of hydrogen-bond acceptors (Lipinski definition) is 8. The summed E-state index contributed by atoms with van der Waals surface area (Å²) < 4.78 is 10.9. The van der Waals surface area contributed by atoms with Crippen molar-refractivity contribution in [3.63, 3.8) is 0 Å². The fourth-order valence-corrected chi connectivity index (χ4v) is 5.86. The lowest BCUT2D eigenvalue weighted by molar-refractivity contribution is -0.132. The summed E-state index contributed by atoms with van der Waals surface area (Å²) >= 11 is 0.989. The maximum absolute atomic E-state index is 13.5. The number of esters is 1. The Balaban J connectivity index is 1.66. The Morgan fingerprint density at radius 3 is 2.61 bits per heavy atom. The molecular weight excluding hydrogens is 504 g/mol. The summed E-state index contributed by atoms with van der Waals surface area (Å²) in [6, 6.07) is 11.9. The summed E-state index contributed by atoms with van der Waals surface area (Å²) in [5.41, 5.74) is 3.46. The van der Waals surface area contributed by atoms with Gasteiger partial charge in [0, 0.05) is 12.0 Å². The molecule has 2 atom stereocenters. The minimum Gasteiger partial charge on any atom is -0.507 e. The molecule has 2 aliphatic heterocycles. The van der Waals surface area contributed by atoms with Crippen LogP contribution in [0.4, 0.5) is 5.13 Å². The fraction of sp³-hybridized carbons (Fsp3) is 0.310. The van der Waals surface area contributed by atoms with Crippen molar-refractivity contribution in [3.8, 4) is 5.75 Å². The molecule has 0 bridgehead atoms. The number of Topliss-reactive ketones (excluding diaryl/α,β-unsaturated/α-hetero) is 1. The van der Waals surface area contributed by atoms with Crippen LogP contribution in [0.5, 0.6) is 5.75 Å². The number of aliphatic hydroxyl groups is 1. The molecular formula is C29H28N2O6S. The Kier molecular flexibility index (Phi) is 6.79. The van der Waals surface area contributed by atoms with Crippen LogP contribution in [-0.4, -0.2) is 40.5 Å². The minimum atomic E-state index is -0.926. The zero-order valence-electron chi connectivity index (χ0n) is 21.6. The third-order valence-corrected chi connectivity index (χ3v) is 7.91. The molecule has 5 rings (SSSR count). The Hall–Kier alpha value is -3.98. The van der Waals surface area contributed by atoms with E-state index in [-0.39, 0.29) is 34.1 Å². The van der Waals surface area contributed by atoms with Gasteiger partial charge in [0.1, 0.15) is 22.5 Å². The molecule has 1 aromatic heterocycles. The van der Waals surface area contributed by atoms with Gasteiger partial charge in [0.25, 0.3) is 5.78 Å². The maximum Gasteiger partial charge on any atom is 0.350 e. The second-order valence-corrected chi connectivity index (χ2v) is 10.3. The van der Waals surface area contributed by atoms with E-state index in [0.717, 1.165) is 34.6 Å². The summed E-state index contributed by atoms with van der Waals surface area (Å²) in [6.07, 6.45) is 1.53. The predicted molar refractivity (Wildman–Crippen MR) is 144 cm³/mol. The normalized spacial score (nSPS) is 19.9. The molecule has 0 spiro atoms. The van der Waals surface area contributed by atoms with Crippen LogP contribution < -0.4 is 9.64 Å². The van der Waals surface area contributed by atoms with Crippen molar-refractivity contribution in [2.45, 2.75) is 52.7 Å². The first-order chi connectivity index (χ1) is 18.2. The van der Waals surface area contributed by atoms with Crippen LogP contribution >= 0.6 is 11.3 Å². The lowest BCUT2D eigenvalue weighted by Gasteiger charge is -2.23. The van der Waals surface area contributed by atoms with Crippen LogP contribution in [-0.2, 0) is 27.2 Å². The third-order valence-electron chi connectivity index (χ3n) is 6.77. The van der Waals surface area contributed by atoms with E-state index in [0.29, 0.717) is 23.2 Å². The van der Waals surface area contributed by atoms with Crippen molar-refractivity contribution >= 4 is 39.9 Å². The highest BCUT2D eigenvalue weighted by atomic mass is 32.1. The quantitative estimate of drug-likeness (QED) is 0.203. The van der Waals surface area contributed by atoms with Gasteiger partial charge in [-0.15, -0.1) is 0 Å². The van der Waals surface area contributed by atoms with Gasteiger partial charge in [-0.2, -0.15) is 0 Å². The third kappa shape index (κ3) is 4.36. The van der Waals surface area contributed by atoms with E-state index < -0.39 is 23.7 Å². The Bertz CT molecular complexity index is 1470. The number of thiazole rings is 1. The first kappa shape index (κ1) is 25.7. The maximum atomic E-state index is 13.5. The number of aryl methyl sites for hydroxylation is 2. The summed E-state index contributed by atoms with van der Waals surface area (Å²) in [4.78, 5) is 45.4. The number of amides is 1. The van der Waals surface area contributed by atoms with Gasteiger partial charge in [0.05, 0.1) is 23.9 Å². The summed E-state index contributed by atoms with van der Waals surface area (Å²) in [5.74, 6) is -1.70. The van der Waals surface area contributed by atoms with Crippen LogP contribution in [0, 0.1) is 6.92 Å². The molecule has 0 saturated carbocycles. The van der Waals surface area contributed by atoms with E-state index in [1.54, 1.807) is 32.0 Å². The minimum absolute atomic E-state index is 0.0202. The van der Waals surface area contributed by atoms with Crippen molar-refractivity contribution in [1.82, 2.24) is 4.98 Å². The zero-order chi connectivity index (χ0) is 27.1. The molecule has 2 aliphatic rings. The fourth-order valence-electron chi connectivity index (χ4n) is 4.88. The standard InChI is InChI=1S/C29H28N2O6S/c1-5-17-7-9-18(10-8-17)23-22(24(32)19-11-12-21-20(14-19)13-15(3)37-21)25(33)27(34)31(23)29-30-16(4)26(38-29)28(35)36-6-2/h7-12,14-15,23,32H,5-6,13H2,1-4H3. The van der Waals surface area contributed by atoms with E-state index in [1.165, 1.54) is 4.90 Å². The molecule has 1 amide bonds. The highest BCUT2D eigenvalue weighted by Gasteiger charge is 2.48. The highest BCUT2D eigenvalue weighted by molar-refractivity contribution is 7.17. The molecule has 1 N–H and O–H groups in total. The van der Waals surface area contributed by atoms with E-state index in [9.17, 15) is 19.5 Å². The molecule has 3 heterocycles. The van der Waals surface area contributed by atoms with Gasteiger partial charge in [0.2, 0.25) is 0 Å². The SMILES string of the molecule is CCOC(=O)c1sc(N2C(=O)C(=O)C(=C(O)c3ccc4c(c3)CC(C)O4)C2c2ccc(CC)cc2)nc1C. The number of anilines is 1. The number of benzene rings is 2. The smallest absolute Gasteiger partial charge is 0.350 e. The van der Waals surface area contributed by atoms with Gasteiger partial charge in [-0.05, 0) is 62.1 Å². The van der Waals surface area contributed by atoms with E-state index in [2.05, 4.69) is 4.98 Å². The average Bonchev–Trinajstić information content (AvgIpc) is 3.55. The van der Waals surface area contributed by atoms with Crippen LogP contribution in [0.1, 0.15) is 64.4 Å². The summed E-state index contributed by atoms with van der Waals surface area (Å²) in [7, 11) is 0. The van der Waals surface area contributed by atoms with E-state index >= 15 is 0 Å². The number of carbonyl (C=O) groups is 3. The average molecular weight is 533 g/mol. The Morgan fingerprint density at radius 2 is 1.92 bits per heavy atom. The number of hydrogen-bond donors (Lipinski definition) is 1. The highest BCUT2D eigenvalue weighted by Crippen LogP contribution is 2.44. The number of rotatable bonds is 6. The molecule has 196 valence electrons. The van der Waals surface area contributed by atoms with Gasteiger partial charge in [0.15, 0.2) is 5.13 Å². The van der Waals surface area contributed by atoms with Crippen molar-refractivity contribution in [3.05, 3.63) is 80.9 Å². The summed E-state index contributed by atoms with van der Waals surface area (Å²) in [6.45, 7) is 7.56. The number of aliphatic hydroxyl groups excluding tert-OH is 1. The van der Waals surface area contributed by atoms with Crippen molar-refractivity contribution < 1.29 is 29.0 Å². The Morgan fingerprint density at radius 1 is 1.18 bits per heavy atom. The molecule has 1 saturated heterocycles. The monoisotopic (exact) mass is 532 g/mol. The summed E-state index contributed by atoms with van der Waals surface area (Å²) in [5, 5.41) is 11.7. The number of fused-ring (bicyclic) bond motifs is 1. The van der Waals surface area contributed by atoms with Gasteiger partial charge >= 0.3 is 11.9 Å². The number of ether oxygens (including phenoxy) is 2. The second-order valence-electron chi connectivity index (χ2n) is 9.35. The molecule has 0 radical (unpaired) electrons. The van der Waals surface area contributed by atoms with Crippen molar-refractivity contribution in [1.29, 1.82) is 0 Å². The van der Waals surface area contributed by atoms with Gasteiger partial charge in [-0.1, -0.05) is 42.5 Å². The molecule has 0 aliphatic carbocycles. The van der Waals surface area contributed by atoms with Crippen molar-refractivity contribution in [2.24, 2.45) is 0 Å². The molecule has 1 fully saturated rings. The van der Waals surface area contributed by atoms with Gasteiger partial charge in [-0.3, -0.25) is 14.5 Å². The first-order valence-corrected chi connectivity index (χ1v) is 13.4. The molecule has 2 unspecified atom stereocenters. The lowest BCUT2D eigenvalue weighted by atomic mass is 9.94. The van der Waals surface area contributed by atoms with Gasteiger partial charge < -0.3 is 14.6 Å². The molecule has 3 aromatic rings. The zero-order valence-corrected chi connectivity index (χ0v) is 22.4. The van der Waals surface area contributed by atoms with E-state index in [4.69, 9.17) is 9.47 Å². The van der Waals surface area contributed by atoms with E-state index in [1.807, 2.05) is 38.1 Å². The number of ketones is 1.